The van der Waals surface area contributed by atoms with Gasteiger partial charge in [-0.1, -0.05) is 24.3 Å². The predicted molar refractivity (Wildman–Crippen MR) is 116 cm³/mol. The van der Waals surface area contributed by atoms with Crippen LogP contribution in [0.2, 0.25) is 0 Å². The van der Waals surface area contributed by atoms with Crippen molar-refractivity contribution in [3.05, 3.63) is 42.4 Å². The van der Waals surface area contributed by atoms with Gasteiger partial charge < -0.3 is 25.0 Å². The molecule has 3 N–H and O–H groups in total. The number of ether oxygens (including phenoxy) is 1. The van der Waals surface area contributed by atoms with Crippen molar-refractivity contribution in [1.82, 2.24) is 14.5 Å². The monoisotopic (exact) mass is 409 g/mol. The maximum Gasteiger partial charge on any atom is 0.191 e. The minimum Gasteiger partial charge on any atom is -0.391 e. The number of aliphatic hydroxyl groups is 1. The van der Waals surface area contributed by atoms with Crippen LogP contribution in [0.3, 0.4) is 0 Å². The van der Waals surface area contributed by atoms with Crippen LogP contribution in [-0.4, -0.2) is 64.0 Å². The van der Waals surface area contributed by atoms with Gasteiger partial charge in [0, 0.05) is 31.9 Å². The highest BCUT2D eigenvalue weighted by molar-refractivity contribution is 5.78. The summed E-state index contributed by atoms with van der Waals surface area (Å²) < 4.78 is 7.53. The van der Waals surface area contributed by atoms with E-state index in [0.717, 1.165) is 64.1 Å². The molecule has 30 heavy (non-hydrogen) atoms. The van der Waals surface area contributed by atoms with Gasteiger partial charge in [0.25, 0.3) is 0 Å². The number of guanidine groups is 1. The summed E-state index contributed by atoms with van der Waals surface area (Å²) in [6, 6.07) is 8.60. The van der Waals surface area contributed by atoms with Gasteiger partial charge in [-0.15, -0.1) is 0 Å². The van der Waals surface area contributed by atoms with Crippen molar-refractivity contribution in [3.8, 4) is 11.3 Å². The van der Waals surface area contributed by atoms with Crippen molar-refractivity contribution in [1.29, 1.82) is 0 Å². The van der Waals surface area contributed by atoms with Crippen LogP contribution in [0.1, 0.15) is 43.7 Å². The highest BCUT2D eigenvalue weighted by Gasteiger charge is 2.35. The maximum atomic E-state index is 11.2. The Morgan fingerprint density at radius 1 is 1.20 bits per heavy atom. The van der Waals surface area contributed by atoms with Crippen LogP contribution in [0.15, 0.2) is 41.8 Å². The molecule has 2 fully saturated rings. The first-order chi connectivity index (χ1) is 14.7. The molecule has 5 rings (SSSR count). The molecule has 3 aliphatic heterocycles. The molecule has 7 nitrogen and oxygen atoms in total. The van der Waals surface area contributed by atoms with Gasteiger partial charge in [-0.3, -0.25) is 0 Å². The Bertz CT molecular complexity index is 897. The molecule has 2 saturated heterocycles. The van der Waals surface area contributed by atoms with Crippen LogP contribution in [-0.2, 0) is 4.74 Å². The Morgan fingerprint density at radius 3 is 2.77 bits per heavy atom. The van der Waals surface area contributed by atoms with Crippen molar-refractivity contribution in [3.63, 3.8) is 0 Å². The number of hydrogen-bond acceptors (Lipinski definition) is 4. The fraction of sp³-hybridized carbons (Fsp3) is 0.565. The molecule has 2 unspecified atom stereocenters. The smallest absolute Gasteiger partial charge is 0.191 e. The second kappa shape index (κ2) is 8.40. The van der Waals surface area contributed by atoms with Crippen molar-refractivity contribution in [2.75, 3.05) is 26.3 Å². The molecule has 3 aliphatic rings. The standard InChI is InChI=1S/C23H31N5O2/c24-23(26-17-7-11-30-12-8-17)27-9-5-16(6-10-27)13-21(29)22-19-4-2-1-3-18(19)20-14-25-15-28(20)22/h1-4,14-17,21-22,29H,5-13H2,(H2,24,26). The zero-order chi connectivity index (χ0) is 20.5. The summed E-state index contributed by atoms with van der Waals surface area (Å²) in [5.41, 5.74) is 9.78. The molecule has 1 aromatic carbocycles. The number of rotatable bonds is 4. The average Bonchev–Trinajstić information content (AvgIpc) is 3.35. The van der Waals surface area contributed by atoms with E-state index in [4.69, 9.17) is 15.5 Å². The van der Waals surface area contributed by atoms with Crippen LogP contribution in [0.4, 0.5) is 0 Å². The van der Waals surface area contributed by atoms with Crippen molar-refractivity contribution < 1.29 is 9.84 Å². The topological polar surface area (TPSA) is 88.9 Å². The molecule has 4 heterocycles. The zero-order valence-corrected chi connectivity index (χ0v) is 17.4. The molecule has 7 heteroatoms. The highest BCUT2D eigenvalue weighted by atomic mass is 16.5. The Morgan fingerprint density at radius 2 is 1.97 bits per heavy atom. The highest BCUT2D eigenvalue weighted by Crippen LogP contribution is 2.42. The van der Waals surface area contributed by atoms with Gasteiger partial charge in [0.15, 0.2) is 5.96 Å². The lowest BCUT2D eigenvalue weighted by Gasteiger charge is -2.35. The number of benzene rings is 1. The van der Waals surface area contributed by atoms with Crippen molar-refractivity contribution >= 4 is 5.96 Å². The van der Waals surface area contributed by atoms with Gasteiger partial charge in [0.05, 0.1) is 36.4 Å². The normalized spacial score (nSPS) is 24.0. The van der Waals surface area contributed by atoms with Crippen LogP contribution in [0.5, 0.6) is 0 Å². The summed E-state index contributed by atoms with van der Waals surface area (Å²) >= 11 is 0. The lowest BCUT2D eigenvalue weighted by Crippen LogP contribution is -2.44. The first-order valence-electron chi connectivity index (χ1n) is 11.2. The number of piperidine rings is 1. The van der Waals surface area contributed by atoms with Gasteiger partial charge in [0.2, 0.25) is 0 Å². The number of nitrogens with zero attached hydrogens (tertiary/aromatic N) is 4. The molecule has 0 spiro atoms. The number of imidazole rings is 1. The number of nitrogens with two attached hydrogens (primary N) is 1. The SMILES string of the molecule is NC(=NC1CCOCC1)N1CCC(CC(O)C2c3ccccc3-c3cncn32)CC1. The number of fused-ring (bicyclic) bond motifs is 3. The molecule has 160 valence electrons. The van der Waals surface area contributed by atoms with E-state index in [9.17, 15) is 5.11 Å². The average molecular weight is 410 g/mol. The van der Waals surface area contributed by atoms with Crippen molar-refractivity contribution in [2.45, 2.75) is 50.3 Å². The summed E-state index contributed by atoms with van der Waals surface area (Å²) in [4.78, 5) is 11.2. The second-order valence-corrected chi connectivity index (χ2v) is 8.78. The Hall–Kier alpha value is -2.38. The third-order valence-corrected chi connectivity index (χ3v) is 6.90. The van der Waals surface area contributed by atoms with Gasteiger partial charge in [-0.25, -0.2) is 9.98 Å². The van der Waals surface area contributed by atoms with E-state index in [1.807, 2.05) is 18.6 Å². The fourth-order valence-corrected chi connectivity index (χ4v) is 5.22. The molecular weight excluding hydrogens is 378 g/mol. The summed E-state index contributed by atoms with van der Waals surface area (Å²) in [5.74, 6) is 1.17. The first-order valence-corrected chi connectivity index (χ1v) is 11.2. The van der Waals surface area contributed by atoms with E-state index >= 15 is 0 Å². The van der Waals surface area contributed by atoms with E-state index in [1.165, 1.54) is 11.1 Å². The fourth-order valence-electron chi connectivity index (χ4n) is 5.22. The van der Waals surface area contributed by atoms with Gasteiger partial charge >= 0.3 is 0 Å². The van der Waals surface area contributed by atoms with Gasteiger partial charge in [-0.05, 0) is 43.6 Å². The third kappa shape index (κ3) is 3.72. The van der Waals surface area contributed by atoms with Crippen molar-refractivity contribution in [2.24, 2.45) is 16.6 Å². The Labute approximate surface area is 177 Å². The molecule has 0 bridgehead atoms. The van der Waals surface area contributed by atoms with E-state index in [2.05, 4.69) is 32.7 Å². The molecule has 0 aliphatic carbocycles. The van der Waals surface area contributed by atoms with Crippen LogP contribution in [0, 0.1) is 5.92 Å². The van der Waals surface area contributed by atoms with Gasteiger partial charge in [0.1, 0.15) is 0 Å². The minimum absolute atomic E-state index is 0.0446. The molecule has 0 amide bonds. The lowest BCUT2D eigenvalue weighted by molar-refractivity contribution is 0.0857. The van der Waals surface area contributed by atoms with E-state index in [-0.39, 0.29) is 6.04 Å². The summed E-state index contributed by atoms with van der Waals surface area (Å²) in [7, 11) is 0. The number of aromatic nitrogens is 2. The number of hydrogen-bond donors (Lipinski definition) is 2. The quantitative estimate of drug-likeness (QED) is 0.598. The molecule has 0 saturated carbocycles. The molecule has 2 atom stereocenters. The summed E-state index contributed by atoms with van der Waals surface area (Å²) in [5, 5.41) is 11.2. The predicted octanol–water partition coefficient (Wildman–Crippen LogP) is 2.41. The molecular formula is C23H31N5O2. The van der Waals surface area contributed by atoms with Crippen LogP contribution >= 0.6 is 0 Å². The Kier molecular flexibility index (Phi) is 5.48. The van der Waals surface area contributed by atoms with E-state index in [0.29, 0.717) is 17.9 Å². The third-order valence-electron chi connectivity index (χ3n) is 6.90. The largest absolute Gasteiger partial charge is 0.391 e. The van der Waals surface area contributed by atoms with Crippen LogP contribution < -0.4 is 5.73 Å². The second-order valence-electron chi connectivity index (χ2n) is 8.78. The number of aliphatic imine (C=N–C) groups is 1. The summed E-state index contributed by atoms with van der Waals surface area (Å²) in [6.07, 6.45) is 8.10. The minimum atomic E-state index is -0.425. The molecule has 2 aromatic rings. The number of aliphatic hydroxyl groups excluding tert-OH is 1. The van der Waals surface area contributed by atoms with E-state index in [1.54, 1.807) is 0 Å². The first kappa shape index (κ1) is 19.6. The number of likely N-dealkylation sites (tertiary alicyclic amines) is 1. The van der Waals surface area contributed by atoms with Crippen LogP contribution in [0.25, 0.3) is 11.3 Å². The maximum absolute atomic E-state index is 11.2. The molecule has 1 aromatic heterocycles. The zero-order valence-electron chi connectivity index (χ0n) is 17.4. The van der Waals surface area contributed by atoms with E-state index < -0.39 is 6.10 Å². The molecule has 0 radical (unpaired) electrons. The van der Waals surface area contributed by atoms with Gasteiger partial charge in [-0.2, -0.15) is 0 Å². The lowest BCUT2D eigenvalue weighted by atomic mass is 9.87. The summed E-state index contributed by atoms with van der Waals surface area (Å²) in [6.45, 7) is 3.38. The Balaban J connectivity index is 1.20.